The summed E-state index contributed by atoms with van der Waals surface area (Å²) >= 11 is 9.25. The van der Waals surface area contributed by atoms with Crippen LogP contribution in [0.3, 0.4) is 0 Å². The Morgan fingerprint density at radius 2 is 2.19 bits per heavy atom. The maximum Gasteiger partial charge on any atom is 0.289 e. The van der Waals surface area contributed by atoms with Gasteiger partial charge < -0.3 is 5.73 Å². The van der Waals surface area contributed by atoms with Gasteiger partial charge in [-0.3, -0.25) is 19.8 Å². The molecule has 1 atom stereocenters. The molecule has 2 aromatic rings. The molecular formula is C22H19ClN4O3S2. The number of carbonyl (C=O) groups excluding carboxylic acids is 1. The molecule has 4 rings (SSSR count). The lowest BCUT2D eigenvalue weighted by molar-refractivity contribution is -0.384. The number of thioether (sulfide) groups is 1. The van der Waals surface area contributed by atoms with Crippen LogP contribution in [0.25, 0.3) is 0 Å². The van der Waals surface area contributed by atoms with Crippen molar-refractivity contribution in [3.05, 3.63) is 73.0 Å². The first-order valence-electron chi connectivity index (χ1n) is 9.99. The Balaban J connectivity index is 1.96. The van der Waals surface area contributed by atoms with Crippen LogP contribution in [0, 0.1) is 21.4 Å². The average Bonchev–Trinajstić information content (AvgIpc) is 3.22. The third kappa shape index (κ3) is 3.68. The fourth-order valence-electron chi connectivity index (χ4n) is 4.24. The molecule has 1 aromatic carbocycles. The maximum absolute atomic E-state index is 13.2. The highest BCUT2D eigenvalue weighted by molar-refractivity contribution is 8.01. The topological polar surface area (TPSA) is 113 Å². The highest BCUT2D eigenvalue weighted by Crippen LogP contribution is 2.49. The van der Waals surface area contributed by atoms with E-state index in [2.05, 4.69) is 13.0 Å². The van der Waals surface area contributed by atoms with Gasteiger partial charge in [0.15, 0.2) is 5.78 Å². The monoisotopic (exact) mass is 486 g/mol. The van der Waals surface area contributed by atoms with Crippen LogP contribution in [0.1, 0.15) is 37.7 Å². The minimum atomic E-state index is -0.565. The molecule has 164 valence electrons. The predicted octanol–water partition coefficient (Wildman–Crippen LogP) is 5.73. The van der Waals surface area contributed by atoms with Crippen LogP contribution in [0.15, 0.2) is 56.5 Å². The van der Waals surface area contributed by atoms with Gasteiger partial charge in [-0.1, -0.05) is 18.5 Å². The van der Waals surface area contributed by atoms with Gasteiger partial charge in [0.25, 0.3) is 5.69 Å². The van der Waals surface area contributed by atoms with E-state index in [0.29, 0.717) is 36.2 Å². The number of nitrogens with zero attached hydrogens (tertiary/aromatic N) is 3. The molecule has 0 spiro atoms. The molecule has 0 bridgehead atoms. The number of carbonyl (C=O) groups is 1. The predicted molar refractivity (Wildman–Crippen MR) is 127 cm³/mol. The van der Waals surface area contributed by atoms with E-state index in [9.17, 15) is 20.2 Å². The van der Waals surface area contributed by atoms with Gasteiger partial charge in [-0.25, -0.2) is 0 Å². The van der Waals surface area contributed by atoms with Gasteiger partial charge in [0.2, 0.25) is 0 Å². The van der Waals surface area contributed by atoms with Crippen LogP contribution in [0.5, 0.6) is 0 Å². The molecule has 0 fully saturated rings. The van der Waals surface area contributed by atoms with Gasteiger partial charge in [0.05, 0.1) is 32.4 Å². The molecule has 2 heterocycles. The Morgan fingerprint density at radius 3 is 2.88 bits per heavy atom. The molecule has 0 unspecified atom stereocenters. The molecular weight excluding hydrogens is 468 g/mol. The SMILES string of the molecule is CCSc1sccc1[C@H]1C(C#N)=C(N)N(c2ccc(Cl)c([N+](=O)[O-])c2)C2=C1C(=O)CCC2. The summed E-state index contributed by atoms with van der Waals surface area (Å²) in [4.78, 5) is 25.7. The molecule has 2 N–H and O–H groups in total. The number of anilines is 1. The van der Waals surface area contributed by atoms with Crippen LogP contribution in [-0.4, -0.2) is 16.5 Å². The molecule has 0 saturated heterocycles. The number of Topliss-reactive ketones (excluding diaryl/α,β-unsaturated/α-hetero) is 1. The fourth-order valence-corrected chi connectivity index (χ4v) is 6.49. The molecule has 0 saturated carbocycles. The van der Waals surface area contributed by atoms with E-state index in [1.54, 1.807) is 34.1 Å². The van der Waals surface area contributed by atoms with Crippen molar-refractivity contribution in [3.8, 4) is 6.07 Å². The van der Waals surface area contributed by atoms with Crippen molar-refractivity contribution in [2.45, 2.75) is 36.3 Å². The highest BCUT2D eigenvalue weighted by atomic mass is 35.5. The first kappa shape index (κ1) is 22.4. The zero-order chi connectivity index (χ0) is 23.0. The fraction of sp³-hybridized carbons (Fsp3) is 0.273. The smallest absolute Gasteiger partial charge is 0.289 e. The van der Waals surface area contributed by atoms with Crippen molar-refractivity contribution in [3.63, 3.8) is 0 Å². The maximum atomic E-state index is 13.2. The van der Waals surface area contributed by atoms with Gasteiger partial charge in [-0.15, -0.1) is 23.1 Å². The average molecular weight is 487 g/mol. The van der Waals surface area contributed by atoms with Crippen LogP contribution >= 0.6 is 34.7 Å². The first-order valence-corrected chi connectivity index (χ1v) is 12.2. The van der Waals surface area contributed by atoms with Crippen LogP contribution in [-0.2, 0) is 4.79 Å². The van der Waals surface area contributed by atoms with E-state index in [4.69, 9.17) is 17.3 Å². The largest absolute Gasteiger partial charge is 0.384 e. The van der Waals surface area contributed by atoms with Crippen molar-refractivity contribution >= 4 is 51.9 Å². The van der Waals surface area contributed by atoms with Gasteiger partial charge in [-0.05, 0) is 47.7 Å². The number of rotatable bonds is 5. The summed E-state index contributed by atoms with van der Waals surface area (Å²) in [6.07, 6.45) is 1.61. The molecule has 0 amide bonds. The Morgan fingerprint density at radius 1 is 1.41 bits per heavy atom. The van der Waals surface area contributed by atoms with E-state index in [-0.39, 0.29) is 27.9 Å². The Hall–Kier alpha value is -2.80. The molecule has 10 heteroatoms. The van der Waals surface area contributed by atoms with E-state index >= 15 is 0 Å². The van der Waals surface area contributed by atoms with Gasteiger partial charge in [0, 0.05) is 23.8 Å². The quantitative estimate of drug-likeness (QED) is 0.326. The zero-order valence-corrected chi connectivity index (χ0v) is 19.5. The van der Waals surface area contributed by atoms with Gasteiger partial charge in [-0.2, -0.15) is 5.26 Å². The third-order valence-corrected chi connectivity index (χ3v) is 8.01. The number of halogens is 1. The van der Waals surface area contributed by atoms with Crippen LogP contribution in [0.2, 0.25) is 5.02 Å². The number of allylic oxidation sites excluding steroid dienone is 3. The zero-order valence-electron chi connectivity index (χ0n) is 17.1. The lowest BCUT2D eigenvalue weighted by Gasteiger charge is -2.39. The number of nitrogens with two attached hydrogens (primary N) is 1. The Kier molecular flexibility index (Phi) is 6.29. The Bertz CT molecular complexity index is 1230. The summed E-state index contributed by atoms with van der Waals surface area (Å²) in [5, 5.41) is 23.5. The number of nitro benzene ring substituents is 1. The van der Waals surface area contributed by atoms with Crippen molar-refractivity contribution in [1.82, 2.24) is 0 Å². The minimum absolute atomic E-state index is 0.00474. The molecule has 0 radical (unpaired) electrons. The number of thiophene rings is 1. The van der Waals surface area contributed by atoms with Gasteiger partial charge >= 0.3 is 0 Å². The van der Waals surface area contributed by atoms with Gasteiger partial charge in [0.1, 0.15) is 10.8 Å². The van der Waals surface area contributed by atoms with Crippen molar-refractivity contribution in [2.24, 2.45) is 5.73 Å². The van der Waals surface area contributed by atoms with Crippen LogP contribution < -0.4 is 10.6 Å². The van der Waals surface area contributed by atoms with E-state index in [1.165, 1.54) is 12.1 Å². The summed E-state index contributed by atoms with van der Waals surface area (Å²) in [5.74, 6) is 0.480. The lowest BCUT2D eigenvalue weighted by atomic mass is 9.76. The minimum Gasteiger partial charge on any atom is -0.384 e. The number of hydrogen-bond donors (Lipinski definition) is 1. The second-order valence-corrected chi connectivity index (χ2v) is 10.2. The lowest BCUT2D eigenvalue weighted by Crippen LogP contribution is -2.38. The standard InChI is InChI=1S/C22H19ClN4O3S2/c1-2-31-22-13(8-9-32-22)19-14(11-24)21(25)26(16-4-3-5-18(28)20(16)19)12-6-7-15(23)17(10-12)27(29)30/h6-10,19H,2-5,25H2,1H3/t19-/m0/s1. The molecule has 1 aliphatic carbocycles. The van der Waals surface area contributed by atoms with E-state index < -0.39 is 10.8 Å². The highest BCUT2D eigenvalue weighted by Gasteiger charge is 2.41. The molecule has 7 nitrogen and oxygen atoms in total. The first-order chi connectivity index (χ1) is 15.4. The Labute approximate surface area is 198 Å². The number of nitriles is 1. The van der Waals surface area contributed by atoms with Crippen molar-refractivity contribution in [2.75, 3.05) is 10.7 Å². The number of benzene rings is 1. The van der Waals surface area contributed by atoms with E-state index in [0.717, 1.165) is 15.5 Å². The molecule has 1 aliphatic heterocycles. The van der Waals surface area contributed by atoms with E-state index in [1.807, 2.05) is 11.4 Å². The molecule has 2 aliphatic rings. The number of hydrogen-bond acceptors (Lipinski definition) is 8. The van der Waals surface area contributed by atoms with Crippen molar-refractivity contribution in [1.29, 1.82) is 5.26 Å². The second kappa shape index (κ2) is 8.98. The summed E-state index contributed by atoms with van der Waals surface area (Å²) in [6, 6.07) is 8.55. The normalized spacial score (nSPS) is 18.6. The molecule has 1 aromatic heterocycles. The summed E-state index contributed by atoms with van der Waals surface area (Å²) in [5.41, 5.74) is 9.10. The van der Waals surface area contributed by atoms with Crippen LogP contribution in [0.4, 0.5) is 11.4 Å². The summed E-state index contributed by atoms with van der Waals surface area (Å²) in [6.45, 7) is 2.05. The third-order valence-electron chi connectivity index (χ3n) is 5.54. The number of ketones is 1. The summed E-state index contributed by atoms with van der Waals surface area (Å²) in [7, 11) is 0. The van der Waals surface area contributed by atoms with Crippen molar-refractivity contribution < 1.29 is 9.72 Å². The molecule has 32 heavy (non-hydrogen) atoms. The summed E-state index contributed by atoms with van der Waals surface area (Å²) < 4.78 is 1.05. The number of nitro groups is 1. The second-order valence-electron chi connectivity index (χ2n) is 7.31.